The highest BCUT2D eigenvalue weighted by Crippen LogP contribution is 2.38. The Bertz CT molecular complexity index is 478. The van der Waals surface area contributed by atoms with E-state index in [-0.39, 0.29) is 5.54 Å². The Morgan fingerprint density at radius 1 is 1.00 bits per heavy atom. The third-order valence-electron chi connectivity index (χ3n) is 5.00. The Kier molecular flexibility index (Phi) is 3.32. The van der Waals surface area contributed by atoms with Gasteiger partial charge in [0.15, 0.2) is 0 Å². The molecule has 1 aromatic rings. The predicted octanol–water partition coefficient (Wildman–Crippen LogP) is 3.80. The van der Waals surface area contributed by atoms with Crippen LogP contribution >= 0.6 is 0 Å². The molecule has 1 saturated carbocycles. The van der Waals surface area contributed by atoms with Gasteiger partial charge in [0.05, 0.1) is 0 Å². The van der Waals surface area contributed by atoms with E-state index in [4.69, 9.17) is 0 Å². The van der Waals surface area contributed by atoms with E-state index < -0.39 is 0 Å². The number of rotatable bonds is 1. The lowest BCUT2D eigenvalue weighted by Crippen LogP contribution is -2.68. The summed E-state index contributed by atoms with van der Waals surface area (Å²) in [5.41, 5.74) is 4.83. The van der Waals surface area contributed by atoms with Crippen molar-refractivity contribution in [3.63, 3.8) is 0 Å². The van der Waals surface area contributed by atoms with Crippen molar-refractivity contribution in [2.45, 2.75) is 64.5 Å². The summed E-state index contributed by atoms with van der Waals surface area (Å²) in [6.45, 7) is 11.5. The van der Waals surface area contributed by atoms with E-state index in [1.165, 1.54) is 49.0 Å². The number of anilines is 1. The van der Waals surface area contributed by atoms with E-state index in [9.17, 15) is 0 Å². The standard InChI is InChI=1S/C18H28N2/c1-14-8-7-9-15(2)16(14)20-12-17(3,4)19-18(13-20)10-5-6-11-18/h7-9,19H,5-6,10-13H2,1-4H3. The molecule has 2 fully saturated rings. The van der Waals surface area contributed by atoms with Crippen LogP contribution in [0.5, 0.6) is 0 Å². The number of para-hydroxylation sites is 1. The minimum Gasteiger partial charge on any atom is -0.367 e. The summed E-state index contributed by atoms with van der Waals surface area (Å²) in [6.07, 6.45) is 5.42. The second-order valence-electron chi connectivity index (χ2n) is 7.59. The summed E-state index contributed by atoms with van der Waals surface area (Å²) < 4.78 is 0. The molecule has 1 aliphatic heterocycles. The summed E-state index contributed by atoms with van der Waals surface area (Å²) in [4.78, 5) is 2.65. The van der Waals surface area contributed by atoms with Crippen molar-refractivity contribution in [2.24, 2.45) is 0 Å². The Morgan fingerprint density at radius 2 is 1.60 bits per heavy atom. The van der Waals surface area contributed by atoms with E-state index in [1.54, 1.807) is 0 Å². The highest BCUT2D eigenvalue weighted by Gasteiger charge is 2.44. The first-order chi connectivity index (χ1) is 9.41. The fraction of sp³-hybridized carbons (Fsp3) is 0.667. The predicted molar refractivity (Wildman–Crippen MR) is 86.5 cm³/mol. The summed E-state index contributed by atoms with van der Waals surface area (Å²) >= 11 is 0. The van der Waals surface area contributed by atoms with Gasteiger partial charge in [0.2, 0.25) is 0 Å². The average molecular weight is 272 g/mol. The van der Waals surface area contributed by atoms with Crippen LogP contribution in [-0.4, -0.2) is 24.2 Å². The van der Waals surface area contributed by atoms with Crippen molar-refractivity contribution in [3.05, 3.63) is 29.3 Å². The maximum absolute atomic E-state index is 3.97. The molecule has 0 atom stereocenters. The molecule has 0 amide bonds. The van der Waals surface area contributed by atoms with Crippen molar-refractivity contribution < 1.29 is 0 Å². The van der Waals surface area contributed by atoms with Crippen molar-refractivity contribution in [2.75, 3.05) is 18.0 Å². The molecule has 0 aromatic heterocycles. The van der Waals surface area contributed by atoms with Gasteiger partial charge in [-0.3, -0.25) is 0 Å². The zero-order valence-electron chi connectivity index (χ0n) is 13.4. The molecule has 20 heavy (non-hydrogen) atoms. The van der Waals surface area contributed by atoms with Gasteiger partial charge in [-0.15, -0.1) is 0 Å². The molecule has 2 heteroatoms. The zero-order valence-corrected chi connectivity index (χ0v) is 13.4. The van der Waals surface area contributed by atoms with Gasteiger partial charge in [0.25, 0.3) is 0 Å². The molecular weight excluding hydrogens is 244 g/mol. The SMILES string of the molecule is Cc1cccc(C)c1N1CC(C)(C)NC2(CCCC2)C1. The number of nitrogens with zero attached hydrogens (tertiary/aromatic N) is 1. The molecule has 1 aliphatic carbocycles. The highest BCUT2D eigenvalue weighted by atomic mass is 15.3. The minimum absolute atomic E-state index is 0.192. The number of piperazine rings is 1. The van der Waals surface area contributed by atoms with Crippen LogP contribution in [0, 0.1) is 13.8 Å². The maximum atomic E-state index is 3.97. The average Bonchev–Trinajstić information content (AvgIpc) is 2.74. The van der Waals surface area contributed by atoms with Gasteiger partial charge in [-0.25, -0.2) is 0 Å². The number of nitrogens with one attached hydrogen (secondary N) is 1. The molecular formula is C18H28N2. The van der Waals surface area contributed by atoms with Crippen LogP contribution in [-0.2, 0) is 0 Å². The fourth-order valence-electron chi connectivity index (χ4n) is 4.49. The molecule has 2 aliphatic rings. The van der Waals surface area contributed by atoms with Gasteiger partial charge in [0.1, 0.15) is 0 Å². The first kappa shape index (κ1) is 13.9. The molecule has 1 heterocycles. The van der Waals surface area contributed by atoms with Crippen LogP contribution < -0.4 is 10.2 Å². The number of hydrogen-bond donors (Lipinski definition) is 1. The maximum Gasteiger partial charge on any atom is 0.0426 e. The largest absolute Gasteiger partial charge is 0.367 e. The van der Waals surface area contributed by atoms with Crippen LogP contribution in [0.25, 0.3) is 0 Å². The first-order valence-electron chi connectivity index (χ1n) is 8.01. The van der Waals surface area contributed by atoms with Crippen molar-refractivity contribution in [3.8, 4) is 0 Å². The molecule has 0 bridgehead atoms. The van der Waals surface area contributed by atoms with Gasteiger partial charge in [0, 0.05) is 29.9 Å². The van der Waals surface area contributed by atoms with Crippen molar-refractivity contribution in [1.82, 2.24) is 5.32 Å². The fourth-order valence-corrected chi connectivity index (χ4v) is 4.49. The molecule has 1 spiro atoms. The number of benzene rings is 1. The van der Waals surface area contributed by atoms with Crippen LogP contribution in [0.3, 0.4) is 0 Å². The monoisotopic (exact) mass is 272 g/mol. The molecule has 1 aromatic carbocycles. The quantitative estimate of drug-likeness (QED) is 0.836. The third-order valence-corrected chi connectivity index (χ3v) is 5.00. The normalized spacial score (nSPS) is 24.3. The van der Waals surface area contributed by atoms with E-state index >= 15 is 0 Å². The summed E-state index contributed by atoms with van der Waals surface area (Å²) in [7, 11) is 0. The smallest absolute Gasteiger partial charge is 0.0426 e. The van der Waals surface area contributed by atoms with Crippen molar-refractivity contribution in [1.29, 1.82) is 0 Å². The van der Waals surface area contributed by atoms with Gasteiger partial charge < -0.3 is 10.2 Å². The Labute approximate surface area is 123 Å². The third kappa shape index (κ3) is 2.46. The molecule has 0 radical (unpaired) electrons. The lowest BCUT2D eigenvalue weighted by atomic mass is 9.86. The number of hydrogen-bond acceptors (Lipinski definition) is 2. The molecule has 1 saturated heterocycles. The van der Waals surface area contributed by atoms with Gasteiger partial charge in [-0.05, 0) is 51.7 Å². The lowest BCUT2D eigenvalue weighted by molar-refractivity contribution is 0.197. The Morgan fingerprint density at radius 3 is 2.20 bits per heavy atom. The Hall–Kier alpha value is -1.02. The van der Waals surface area contributed by atoms with Gasteiger partial charge in [-0.1, -0.05) is 31.0 Å². The Balaban J connectivity index is 1.96. The molecule has 1 N–H and O–H groups in total. The van der Waals surface area contributed by atoms with E-state index in [1.807, 2.05) is 0 Å². The van der Waals surface area contributed by atoms with Crippen LogP contribution in [0.2, 0.25) is 0 Å². The second-order valence-corrected chi connectivity index (χ2v) is 7.59. The van der Waals surface area contributed by atoms with Gasteiger partial charge >= 0.3 is 0 Å². The summed E-state index contributed by atoms with van der Waals surface area (Å²) in [5, 5.41) is 3.97. The lowest BCUT2D eigenvalue weighted by Gasteiger charge is -2.51. The van der Waals surface area contributed by atoms with Crippen molar-refractivity contribution >= 4 is 5.69 Å². The van der Waals surface area contributed by atoms with Crippen LogP contribution in [0.15, 0.2) is 18.2 Å². The van der Waals surface area contributed by atoms with E-state index in [0.29, 0.717) is 5.54 Å². The zero-order chi connectivity index (χ0) is 14.4. The van der Waals surface area contributed by atoms with E-state index in [0.717, 1.165) is 6.54 Å². The molecule has 0 unspecified atom stereocenters. The van der Waals surface area contributed by atoms with Gasteiger partial charge in [-0.2, -0.15) is 0 Å². The van der Waals surface area contributed by atoms with Crippen LogP contribution in [0.1, 0.15) is 50.7 Å². The second kappa shape index (κ2) is 4.77. The first-order valence-corrected chi connectivity index (χ1v) is 8.01. The van der Waals surface area contributed by atoms with Crippen LogP contribution in [0.4, 0.5) is 5.69 Å². The summed E-state index contributed by atoms with van der Waals surface area (Å²) in [6, 6.07) is 6.67. The number of aryl methyl sites for hydroxylation is 2. The topological polar surface area (TPSA) is 15.3 Å². The van der Waals surface area contributed by atoms with E-state index in [2.05, 4.69) is 56.1 Å². The molecule has 2 nitrogen and oxygen atoms in total. The highest BCUT2D eigenvalue weighted by molar-refractivity contribution is 5.60. The minimum atomic E-state index is 0.192. The molecule has 110 valence electrons. The molecule has 3 rings (SSSR count). The summed E-state index contributed by atoms with van der Waals surface area (Å²) in [5.74, 6) is 0.